The fourth-order valence-corrected chi connectivity index (χ4v) is 7.69. The molecule has 0 unspecified atom stereocenters. The van der Waals surface area contributed by atoms with Crippen LogP contribution in [0.25, 0.3) is 81.1 Å². The van der Waals surface area contributed by atoms with Crippen molar-refractivity contribution in [2.24, 2.45) is 0 Å². The van der Waals surface area contributed by atoms with Crippen molar-refractivity contribution in [1.29, 1.82) is 0 Å². The smallest absolute Gasteiger partial charge is 0.135 e. The van der Waals surface area contributed by atoms with Crippen LogP contribution in [0.3, 0.4) is 0 Å². The van der Waals surface area contributed by atoms with Crippen molar-refractivity contribution >= 4 is 64.5 Å². The second kappa shape index (κ2) is 8.69. The molecule has 2 nitrogen and oxygen atoms in total. The van der Waals surface area contributed by atoms with Crippen LogP contribution in [0, 0.1) is 0 Å². The van der Waals surface area contributed by atoms with E-state index in [1.165, 1.54) is 59.1 Å². The molecule has 0 spiro atoms. The van der Waals surface area contributed by atoms with Gasteiger partial charge >= 0.3 is 0 Å². The van der Waals surface area contributed by atoms with Gasteiger partial charge in [-0.05, 0) is 64.7 Å². The van der Waals surface area contributed by atoms with Gasteiger partial charge in [0.15, 0.2) is 0 Å². The van der Waals surface area contributed by atoms with E-state index in [1.807, 2.05) is 23.5 Å². The van der Waals surface area contributed by atoms with Crippen LogP contribution in [0.1, 0.15) is 0 Å². The second-order valence-corrected chi connectivity index (χ2v) is 11.6. The van der Waals surface area contributed by atoms with Crippen molar-refractivity contribution in [2.45, 2.75) is 0 Å². The monoisotopic (exact) mass is 541 g/mol. The topological polar surface area (TPSA) is 18.1 Å². The van der Waals surface area contributed by atoms with Crippen molar-refractivity contribution in [3.63, 3.8) is 0 Å². The van der Waals surface area contributed by atoms with Crippen molar-refractivity contribution in [1.82, 2.24) is 4.57 Å². The first-order valence-corrected chi connectivity index (χ1v) is 14.7. The van der Waals surface area contributed by atoms with Crippen LogP contribution >= 0.6 is 11.3 Å². The Kier molecular flexibility index (Phi) is 4.80. The van der Waals surface area contributed by atoms with Gasteiger partial charge in [0.2, 0.25) is 0 Å². The maximum atomic E-state index is 6.08. The minimum atomic E-state index is 0.923. The predicted molar refractivity (Wildman–Crippen MR) is 174 cm³/mol. The lowest BCUT2D eigenvalue weighted by Gasteiger charge is -2.10. The van der Waals surface area contributed by atoms with Gasteiger partial charge in [0.25, 0.3) is 0 Å². The van der Waals surface area contributed by atoms with Crippen molar-refractivity contribution in [2.75, 3.05) is 0 Å². The number of hydrogen-bond acceptors (Lipinski definition) is 2. The summed E-state index contributed by atoms with van der Waals surface area (Å²) in [6.07, 6.45) is 0. The Hall–Kier alpha value is -5.12. The van der Waals surface area contributed by atoms with E-state index in [4.69, 9.17) is 4.42 Å². The van der Waals surface area contributed by atoms with E-state index >= 15 is 0 Å². The summed E-state index contributed by atoms with van der Waals surface area (Å²) in [5.41, 5.74) is 10.5. The molecule has 0 aliphatic carbocycles. The molecule has 0 amide bonds. The Morgan fingerprint density at radius 1 is 0.463 bits per heavy atom. The number of nitrogens with zero attached hydrogens (tertiary/aromatic N) is 1. The normalized spacial score (nSPS) is 11.9. The zero-order valence-electron chi connectivity index (χ0n) is 22.0. The Labute approximate surface area is 240 Å². The summed E-state index contributed by atoms with van der Waals surface area (Å²) in [6, 6.07) is 49.9. The minimum absolute atomic E-state index is 0.923. The van der Waals surface area contributed by atoms with E-state index in [-0.39, 0.29) is 0 Å². The van der Waals surface area contributed by atoms with Gasteiger partial charge in [0.05, 0.1) is 15.7 Å². The third kappa shape index (κ3) is 3.36. The molecule has 0 atom stereocenters. The number of fused-ring (bicyclic) bond motifs is 8. The van der Waals surface area contributed by atoms with Crippen LogP contribution in [-0.2, 0) is 0 Å². The number of hydrogen-bond donors (Lipinski definition) is 0. The van der Waals surface area contributed by atoms with Crippen LogP contribution in [0.15, 0.2) is 144 Å². The summed E-state index contributed by atoms with van der Waals surface area (Å²) in [4.78, 5) is 0. The second-order valence-electron chi connectivity index (χ2n) is 10.5. The summed E-state index contributed by atoms with van der Waals surface area (Å²) in [7, 11) is 0. The quantitative estimate of drug-likeness (QED) is 0.217. The zero-order valence-corrected chi connectivity index (χ0v) is 22.9. The van der Waals surface area contributed by atoms with Gasteiger partial charge in [-0.25, -0.2) is 0 Å². The lowest BCUT2D eigenvalue weighted by molar-refractivity contribution is 0.669. The molecule has 0 bridgehead atoms. The van der Waals surface area contributed by atoms with E-state index in [1.54, 1.807) is 0 Å². The average Bonchev–Trinajstić information content (AvgIpc) is 3.70. The first-order chi connectivity index (χ1) is 20.3. The highest BCUT2D eigenvalue weighted by molar-refractivity contribution is 7.27. The highest BCUT2D eigenvalue weighted by atomic mass is 32.1. The largest absolute Gasteiger partial charge is 0.456 e. The molecule has 0 radical (unpaired) electrons. The molecule has 0 saturated heterocycles. The molecule has 0 aliphatic heterocycles. The van der Waals surface area contributed by atoms with Crippen LogP contribution < -0.4 is 0 Å². The zero-order chi connectivity index (χ0) is 26.9. The summed E-state index contributed by atoms with van der Waals surface area (Å²) < 4.78 is 11.2. The molecule has 0 fully saturated rings. The van der Waals surface area contributed by atoms with Gasteiger partial charge in [-0.1, -0.05) is 97.1 Å². The third-order valence-corrected chi connectivity index (χ3v) is 9.46. The lowest BCUT2D eigenvalue weighted by Crippen LogP contribution is -1.92. The molecule has 3 aromatic heterocycles. The van der Waals surface area contributed by atoms with E-state index in [0.717, 1.165) is 21.9 Å². The maximum absolute atomic E-state index is 6.08. The molecule has 9 rings (SSSR count). The third-order valence-electron chi connectivity index (χ3n) is 8.20. The molecule has 0 N–H and O–H groups in total. The molecular formula is C38H23NOS. The van der Waals surface area contributed by atoms with Crippen LogP contribution in [0.4, 0.5) is 0 Å². The Morgan fingerprint density at radius 3 is 2.10 bits per heavy atom. The SMILES string of the molecule is c1ccc(-n2c3ccccc3c3sc4c(-c5cccc(-c6ccc7oc8ccccc8c7c6)c5)cccc4c32)cc1. The summed E-state index contributed by atoms with van der Waals surface area (Å²) in [5.74, 6) is 0. The standard InChI is InChI=1S/C38H23NOS/c1-2-12-27(13-3-1)39-33-18-6-4-15-30(33)38-36(39)31-17-9-16-28(37(31)41-38)26-11-8-10-24(22-26)25-20-21-35-32(23-25)29-14-5-7-19-34(29)40-35/h1-23H. The number of para-hydroxylation sites is 3. The summed E-state index contributed by atoms with van der Waals surface area (Å²) >= 11 is 1.90. The summed E-state index contributed by atoms with van der Waals surface area (Å²) in [5, 5.41) is 4.90. The predicted octanol–water partition coefficient (Wildman–Crippen LogP) is 11.2. The minimum Gasteiger partial charge on any atom is -0.456 e. The maximum Gasteiger partial charge on any atom is 0.135 e. The first-order valence-electron chi connectivity index (χ1n) is 13.9. The van der Waals surface area contributed by atoms with Crippen molar-refractivity contribution in [3.8, 4) is 27.9 Å². The Balaban J connectivity index is 1.25. The molecule has 3 heterocycles. The van der Waals surface area contributed by atoms with Crippen LogP contribution in [0.5, 0.6) is 0 Å². The van der Waals surface area contributed by atoms with Gasteiger partial charge < -0.3 is 8.98 Å². The average molecular weight is 542 g/mol. The number of rotatable bonds is 3. The molecule has 0 saturated carbocycles. The first kappa shape index (κ1) is 22.7. The van der Waals surface area contributed by atoms with Gasteiger partial charge in [-0.15, -0.1) is 11.3 Å². The van der Waals surface area contributed by atoms with Crippen molar-refractivity contribution < 1.29 is 4.42 Å². The van der Waals surface area contributed by atoms with Crippen molar-refractivity contribution in [3.05, 3.63) is 140 Å². The van der Waals surface area contributed by atoms with Gasteiger partial charge in [0, 0.05) is 31.9 Å². The Morgan fingerprint density at radius 2 is 1.17 bits per heavy atom. The van der Waals surface area contributed by atoms with Gasteiger partial charge in [-0.3, -0.25) is 0 Å². The van der Waals surface area contributed by atoms with E-state index in [9.17, 15) is 0 Å². The number of thiophene rings is 1. The number of aromatic nitrogens is 1. The highest BCUT2D eigenvalue weighted by Crippen LogP contribution is 2.45. The molecule has 6 aromatic carbocycles. The molecule has 3 heteroatoms. The van der Waals surface area contributed by atoms with Gasteiger partial charge in [0.1, 0.15) is 11.2 Å². The van der Waals surface area contributed by atoms with E-state index in [0.29, 0.717) is 0 Å². The fourth-order valence-electron chi connectivity index (χ4n) is 6.34. The Bertz CT molecular complexity index is 2420. The fraction of sp³-hybridized carbons (Fsp3) is 0. The van der Waals surface area contributed by atoms with Crippen LogP contribution in [-0.4, -0.2) is 4.57 Å². The van der Waals surface area contributed by atoms with Crippen LogP contribution in [0.2, 0.25) is 0 Å². The number of furan rings is 1. The lowest BCUT2D eigenvalue weighted by atomic mass is 9.97. The number of benzene rings is 6. The molecular weight excluding hydrogens is 518 g/mol. The highest BCUT2D eigenvalue weighted by Gasteiger charge is 2.19. The van der Waals surface area contributed by atoms with Gasteiger partial charge in [-0.2, -0.15) is 0 Å². The van der Waals surface area contributed by atoms with E-state index < -0.39 is 0 Å². The van der Waals surface area contributed by atoms with E-state index in [2.05, 4.69) is 132 Å². The molecule has 9 aromatic rings. The summed E-state index contributed by atoms with van der Waals surface area (Å²) in [6.45, 7) is 0. The molecule has 41 heavy (non-hydrogen) atoms. The molecule has 192 valence electrons. The molecule has 0 aliphatic rings.